The molecule has 1 atom stereocenters. The highest BCUT2D eigenvalue weighted by molar-refractivity contribution is 5.97. The molecule has 0 saturated carbocycles. The molecule has 0 fully saturated rings. The van der Waals surface area contributed by atoms with Gasteiger partial charge in [0.15, 0.2) is 0 Å². The molecule has 1 unspecified atom stereocenters. The summed E-state index contributed by atoms with van der Waals surface area (Å²) in [5.41, 5.74) is 3.40. The number of nitrogens with one attached hydrogen (secondary N) is 2. The van der Waals surface area contributed by atoms with Gasteiger partial charge in [-0.1, -0.05) is 29.8 Å². The van der Waals surface area contributed by atoms with E-state index in [1.54, 1.807) is 24.3 Å². The maximum atomic E-state index is 12.4. The highest BCUT2D eigenvalue weighted by atomic mass is 16.2. The number of carbonyl (C=O) groups is 2. The first kappa shape index (κ1) is 17.7. The van der Waals surface area contributed by atoms with Crippen molar-refractivity contribution in [1.29, 1.82) is 0 Å². The van der Waals surface area contributed by atoms with Crippen LogP contribution in [0.2, 0.25) is 0 Å². The van der Waals surface area contributed by atoms with E-state index in [9.17, 15) is 9.59 Å². The summed E-state index contributed by atoms with van der Waals surface area (Å²) in [5.74, 6) is -0.427. The predicted octanol–water partition coefficient (Wildman–Crippen LogP) is 3.88. The minimum atomic E-state index is -0.241. The molecule has 24 heavy (non-hydrogen) atoms. The second-order valence-electron chi connectivity index (χ2n) is 6.33. The Morgan fingerprint density at radius 3 is 2.00 bits per heavy atom. The van der Waals surface area contributed by atoms with E-state index in [2.05, 4.69) is 10.6 Å². The molecule has 0 aliphatic rings. The van der Waals surface area contributed by atoms with Crippen LogP contribution in [0.3, 0.4) is 0 Å². The van der Waals surface area contributed by atoms with Gasteiger partial charge >= 0.3 is 0 Å². The Balaban J connectivity index is 2.01. The summed E-state index contributed by atoms with van der Waals surface area (Å²) in [7, 11) is 0. The van der Waals surface area contributed by atoms with E-state index in [4.69, 9.17) is 0 Å². The number of benzene rings is 2. The number of hydrogen-bond donors (Lipinski definition) is 2. The van der Waals surface area contributed by atoms with Crippen LogP contribution < -0.4 is 10.6 Å². The molecule has 0 bridgehead atoms. The maximum Gasteiger partial charge on any atom is 0.251 e. The van der Waals surface area contributed by atoms with Crippen molar-refractivity contribution in [3.63, 3.8) is 0 Å². The third-order valence-corrected chi connectivity index (χ3v) is 3.81. The third kappa shape index (κ3) is 4.69. The lowest BCUT2D eigenvalue weighted by Crippen LogP contribution is -2.30. The molecule has 4 nitrogen and oxygen atoms in total. The van der Waals surface area contributed by atoms with Crippen LogP contribution in [0.25, 0.3) is 0 Å². The fourth-order valence-electron chi connectivity index (χ4n) is 2.31. The van der Waals surface area contributed by atoms with Gasteiger partial charge in [-0.25, -0.2) is 0 Å². The lowest BCUT2D eigenvalue weighted by Gasteiger charge is -2.13. The maximum absolute atomic E-state index is 12.4. The molecule has 0 radical (unpaired) electrons. The highest BCUT2D eigenvalue weighted by Crippen LogP contribution is 2.19. The number of hydrogen-bond acceptors (Lipinski definition) is 2. The zero-order chi connectivity index (χ0) is 17.7. The number of rotatable bonds is 5. The molecular formula is C20H24N2O2. The van der Waals surface area contributed by atoms with Crippen LogP contribution >= 0.6 is 0 Å². The van der Waals surface area contributed by atoms with Crippen molar-refractivity contribution in [2.24, 2.45) is 0 Å². The Kier molecular flexibility index (Phi) is 5.74. The van der Waals surface area contributed by atoms with Gasteiger partial charge in [0, 0.05) is 17.3 Å². The number of aryl methyl sites for hydroxylation is 1. The molecule has 0 heterocycles. The second-order valence-corrected chi connectivity index (χ2v) is 6.33. The summed E-state index contributed by atoms with van der Waals surface area (Å²) in [5, 5.41) is 5.73. The van der Waals surface area contributed by atoms with Crippen LogP contribution in [0.4, 0.5) is 5.69 Å². The SMILES string of the molecule is Cc1ccc(C(C)C(=O)Nc2ccc(C(=O)NC(C)C)cc2)cc1. The van der Waals surface area contributed by atoms with Crippen LogP contribution in [-0.2, 0) is 4.79 Å². The molecule has 0 aliphatic heterocycles. The number of amides is 2. The summed E-state index contributed by atoms with van der Waals surface area (Å²) < 4.78 is 0. The van der Waals surface area contributed by atoms with E-state index in [0.717, 1.165) is 5.56 Å². The first-order valence-corrected chi connectivity index (χ1v) is 8.15. The van der Waals surface area contributed by atoms with Gasteiger partial charge in [0.1, 0.15) is 0 Å². The van der Waals surface area contributed by atoms with Gasteiger partial charge < -0.3 is 10.6 Å². The van der Waals surface area contributed by atoms with Crippen molar-refractivity contribution in [1.82, 2.24) is 5.32 Å². The van der Waals surface area contributed by atoms with Gasteiger partial charge in [0.05, 0.1) is 5.92 Å². The summed E-state index contributed by atoms with van der Waals surface area (Å²) in [6.07, 6.45) is 0. The van der Waals surface area contributed by atoms with Gasteiger partial charge in [-0.2, -0.15) is 0 Å². The Morgan fingerprint density at radius 2 is 1.46 bits per heavy atom. The predicted molar refractivity (Wildman–Crippen MR) is 97.3 cm³/mol. The molecule has 2 amide bonds. The minimum absolute atomic E-state index is 0.0711. The first-order valence-electron chi connectivity index (χ1n) is 8.15. The van der Waals surface area contributed by atoms with Crippen molar-refractivity contribution in [3.8, 4) is 0 Å². The normalized spacial score (nSPS) is 11.9. The van der Waals surface area contributed by atoms with E-state index < -0.39 is 0 Å². The zero-order valence-corrected chi connectivity index (χ0v) is 14.6. The summed E-state index contributed by atoms with van der Waals surface area (Å²) >= 11 is 0. The van der Waals surface area contributed by atoms with Gasteiger partial charge in [0.2, 0.25) is 5.91 Å². The Labute approximate surface area is 143 Å². The first-order chi connectivity index (χ1) is 11.4. The van der Waals surface area contributed by atoms with Crippen LogP contribution in [0, 0.1) is 6.92 Å². The summed E-state index contributed by atoms with van der Waals surface area (Å²) in [6, 6.07) is 14.9. The summed E-state index contributed by atoms with van der Waals surface area (Å²) in [6.45, 7) is 7.73. The van der Waals surface area contributed by atoms with Crippen molar-refractivity contribution in [3.05, 3.63) is 65.2 Å². The van der Waals surface area contributed by atoms with Crippen molar-refractivity contribution in [2.45, 2.75) is 39.7 Å². The molecular weight excluding hydrogens is 300 g/mol. The molecule has 2 aromatic carbocycles. The average molecular weight is 324 g/mol. The average Bonchev–Trinajstić information content (AvgIpc) is 2.55. The van der Waals surface area contributed by atoms with Crippen LogP contribution in [-0.4, -0.2) is 17.9 Å². The van der Waals surface area contributed by atoms with Crippen molar-refractivity contribution in [2.75, 3.05) is 5.32 Å². The van der Waals surface area contributed by atoms with Crippen molar-refractivity contribution >= 4 is 17.5 Å². The van der Waals surface area contributed by atoms with Crippen molar-refractivity contribution < 1.29 is 9.59 Å². The Hall–Kier alpha value is -2.62. The number of anilines is 1. The Morgan fingerprint density at radius 1 is 0.875 bits per heavy atom. The van der Waals surface area contributed by atoms with Gasteiger partial charge in [0.25, 0.3) is 5.91 Å². The van der Waals surface area contributed by atoms with Crippen LogP contribution in [0.1, 0.15) is 48.2 Å². The minimum Gasteiger partial charge on any atom is -0.350 e. The van der Waals surface area contributed by atoms with E-state index in [-0.39, 0.29) is 23.8 Å². The summed E-state index contributed by atoms with van der Waals surface area (Å²) in [4.78, 5) is 24.3. The lowest BCUT2D eigenvalue weighted by atomic mass is 9.99. The van der Waals surface area contributed by atoms with Gasteiger partial charge in [-0.3, -0.25) is 9.59 Å². The van der Waals surface area contributed by atoms with Crippen LogP contribution in [0.15, 0.2) is 48.5 Å². The molecule has 0 saturated heterocycles. The molecule has 2 N–H and O–H groups in total. The molecule has 126 valence electrons. The van der Waals surface area contributed by atoms with E-state index in [0.29, 0.717) is 11.3 Å². The monoisotopic (exact) mass is 324 g/mol. The zero-order valence-electron chi connectivity index (χ0n) is 14.6. The molecule has 4 heteroatoms. The smallest absolute Gasteiger partial charge is 0.251 e. The molecule has 0 spiro atoms. The molecule has 2 rings (SSSR count). The number of carbonyl (C=O) groups excluding carboxylic acids is 2. The second kappa shape index (κ2) is 7.77. The van der Waals surface area contributed by atoms with Crippen LogP contribution in [0.5, 0.6) is 0 Å². The topological polar surface area (TPSA) is 58.2 Å². The molecule has 0 aromatic heterocycles. The van der Waals surface area contributed by atoms with E-state index in [1.807, 2.05) is 52.0 Å². The quantitative estimate of drug-likeness (QED) is 0.877. The largest absolute Gasteiger partial charge is 0.350 e. The van der Waals surface area contributed by atoms with E-state index >= 15 is 0 Å². The van der Waals surface area contributed by atoms with E-state index in [1.165, 1.54) is 5.56 Å². The van der Waals surface area contributed by atoms with Gasteiger partial charge in [-0.05, 0) is 57.5 Å². The standard InChI is InChI=1S/C20H24N2O2/c1-13(2)21-20(24)17-9-11-18(12-10-17)22-19(23)15(4)16-7-5-14(3)6-8-16/h5-13,15H,1-4H3,(H,21,24)(H,22,23). The highest BCUT2D eigenvalue weighted by Gasteiger charge is 2.15. The van der Waals surface area contributed by atoms with Gasteiger partial charge in [-0.15, -0.1) is 0 Å². The third-order valence-electron chi connectivity index (χ3n) is 3.81. The lowest BCUT2D eigenvalue weighted by molar-refractivity contribution is -0.117. The molecule has 2 aromatic rings. The fourth-order valence-corrected chi connectivity index (χ4v) is 2.31. The molecule has 0 aliphatic carbocycles. The Bertz CT molecular complexity index is 703. The fraction of sp³-hybridized carbons (Fsp3) is 0.300.